The molecule has 0 aliphatic carbocycles. The number of ether oxygens (including phenoxy) is 1. The van der Waals surface area contributed by atoms with E-state index in [1.807, 2.05) is 0 Å². The Labute approximate surface area is 75.6 Å². The van der Waals surface area contributed by atoms with E-state index in [1.54, 1.807) is 0 Å². The summed E-state index contributed by atoms with van der Waals surface area (Å²) in [6.07, 6.45) is 3.85. The molecule has 1 aromatic heterocycles. The summed E-state index contributed by atoms with van der Waals surface area (Å²) in [5.74, 6) is 0.582. The lowest BCUT2D eigenvalue weighted by Gasteiger charge is -2.09. The summed E-state index contributed by atoms with van der Waals surface area (Å²) in [5.41, 5.74) is -0.716. The topological polar surface area (TPSA) is 69.4 Å². The Morgan fingerprint density at radius 2 is 2.46 bits per heavy atom. The third-order valence-electron chi connectivity index (χ3n) is 1.95. The molecule has 1 aliphatic heterocycles. The zero-order valence-corrected chi connectivity index (χ0v) is 7.66. The first-order valence-corrected chi connectivity index (χ1v) is 5.68. The number of sulfone groups is 1. The molecule has 0 radical (unpaired) electrons. The fourth-order valence-corrected chi connectivity index (χ4v) is 2.92. The van der Waals surface area contributed by atoms with Crippen molar-refractivity contribution in [2.45, 2.75) is 18.3 Å². The second kappa shape index (κ2) is 3.02. The Bertz CT molecular complexity index is 369. The first kappa shape index (κ1) is 8.55. The van der Waals surface area contributed by atoms with Gasteiger partial charge in [-0.3, -0.25) is 0 Å². The van der Waals surface area contributed by atoms with E-state index in [2.05, 4.69) is 9.68 Å². The van der Waals surface area contributed by atoms with Gasteiger partial charge in [-0.2, -0.15) is 0 Å². The first-order valence-electron chi connectivity index (χ1n) is 3.96. The molecule has 13 heavy (non-hydrogen) atoms. The molecule has 2 heterocycles. The minimum atomic E-state index is -3.05. The third kappa shape index (κ3) is 1.67. The largest absolute Gasteiger partial charge is 0.469 e. The first-order chi connectivity index (χ1) is 6.18. The van der Waals surface area contributed by atoms with Crippen molar-refractivity contribution in [3.8, 4) is 5.75 Å². The van der Waals surface area contributed by atoms with Crippen molar-refractivity contribution in [2.75, 3.05) is 5.75 Å². The summed E-state index contributed by atoms with van der Waals surface area (Å²) >= 11 is 0. The van der Waals surface area contributed by atoms with Crippen LogP contribution in [0.1, 0.15) is 12.8 Å². The molecule has 72 valence electrons. The standard InChI is InChI=1S/C7H9NO4S/c9-13(10)3-1-2-7(13)12-6-4-8-11-5-6/h4-5,7H,1-3H2. The summed E-state index contributed by atoms with van der Waals surface area (Å²) < 4.78 is 32.3. The number of hydrogen-bond donors (Lipinski definition) is 0. The highest BCUT2D eigenvalue weighted by Gasteiger charge is 2.33. The molecule has 6 heteroatoms. The molecule has 0 bridgehead atoms. The third-order valence-corrected chi connectivity index (χ3v) is 3.94. The van der Waals surface area contributed by atoms with E-state index in [-0.39, 0.29) is 5.75 Å². The van der Waals surface area contributed by atoms with Gasteiger partial charge in [-0.15, -0.1) is 0 Å². The Hall–Kier alpha value is -1.04. The zero-order chi connectivity index (χ0) is 9.31. The molecule has 1 saturated heterocycles. The predicted octanol–water partition coefficient (Wildman–Crippen LogP) is 0.588. The lowest BCUT2D eigenvalue weighted by molar-refractivity contribution is 0.270. The van der Waals surface area contributed by atoms with E-state index in [0.29, 0.717) is 18.6 Å². The van der Waals surface area contributed by atoms with Crippen LogP contribution in [0, 0.1) is 0 Å². The normalized spacial score (nSPS) is 26.0. The van der Waals surface area contributed by atoms with Crippen molar-refractivity contribution >= 4 is 9.84 Å². The molecular formula is C7H9NO4S. The summed E-state index contributed by atoms with van der Waals surface area (Å²) in [7, 11) is -3.05. The van der Waals surface area contributed by atoms with Crippen molar-refractivity contribution in [1.82, 2.24) is 5.16 Å². The van der Waals surface area contributed by atoms with Crippen LogP contribution >= 0.6 is 0 Å². The van der Waals surface area contributed by atoms with Crippen LogP contribution in [-0.4, -0.2) is 24.8 Å². The fraction of sp³-hybridized carbons (Fsp3) is 0.571. The van der Waals surface area contributed by atoms with Gasteiger partial charge in [0.2, 0.25) is 0 Å². The quantitative estimate of drug-likeness (QED) is 0.703. The number of hydrogen-bond acceptors (Lipinski definition) is 5. The second-order valence-electron chi connectivity index (χ2n) is 2.92. The molecule has 0 aromatic carbocycles. The monoisotopic (exact) mass is 203 g/mol. The van der Waals surface area contributed by atoms with Gasteiger partial charge in [0.25, 0.3) is 0 Å². The lowest BCUT2D eigenvalue weighted by Crippen LogP contribution is -2.22. The van der Waals surface area contributed by atoms with E-state index in [1.165, 1.54) is 12.5 Å². The van der Waals surface area contributed by atoms with Crippen molar-refractivity contribution in [3.05, 3.63) is 12.5 Å². The molecule has 5 nitrogen and oxygen atoms in total. The lowest BCUT2D eigenvalue weighted by atomic mass is 10.4. The van der Waals surface area contributed by atoms with Crippen LogP contribution in [0.2, 0.25) is 0 Å². The van der Waals surface area contributed by atoms with Gasteiger partial charge in [0.05, 0.1) is 5.75 Å². The highest BCUT2D eigenvalue weighted by atomic mass is 32.2. The fourth-order valence-electron chi connectivity index (χ4n) is 1.30. The van der Waals surface area contributed by atoms with Gasteiger partial charge < -0.3 is 9.26 Å². The maximum absolute atomic E-state index is 11.3. The molecule has 1 unspecified atom stereocenters. The maximum atomic E-state index is 11.3. The number of rotatable bonds is 2. The Balaban J connectivity index is 2.11. The average Bonchev–Trinajstić information content (AvgIpc) is 2.63. The highest BCUT2D eigenvalue weighted by Crippen LogP contribution is 2.23. The van der Waals surface area contributed by atoms with Crippen LogP contribution in [-0.2, 0) is 9.84 Å². The molecular weight excluding hydrogens is 194 g/mol. The van der Waals surface area contributed by atoms with Crippen LogP contribution in [0.15, 0.2) is 17.0 Å². The summed E-state index contributed by atoms with van der Waals surface area (Å²) in [6, 6.07) is 0. The minimum Gasteiger partial charge on any atom is -0.469 e. The van der Waals surface area contributed by atoms with E-state index in [0.717, 1.165) is 0 Å². The Kier molecular flexibility index (Phi) is 1.99. The molecule has 0 saturated carbocycles. The number of nitrogens with zero attached hydrogens (tertiary/aromatic N) is 1. The maximum Gasteiger partial charge on any atom is 0.199 e. The molecule has 0 amide bonds. The van der Waals surface area contributed by atoms with Crippen LogP contribution in [0.3, 0.4) is 0 Å². The molecule has 1 atom stereocenters. The molecule has 2 rings (SSSR count). The summed E-state index contributed by atoms with van der Waals surface area (Å²) in [5, 5.41) is 3.42. The molecule has 1 aliphatic rings. The predicted molar refractivity (Wildman–Crippen MR) is 43.9 cm³/mol. The highest BCUT2D eigenvalue weighted by molar-refractivity contribution is 7.92. The zero-order valence-electron chi connectivity index (χ0n) is 6.84. The van der Waals surface area contributed by atoms with Gasteiger partial charge >= 0.3 is 0 Å². The van der Waals surface area contributed by atoms with Crippen LogP contribution in [0.5, 0.6) is 5.75 Å². The smallest absolute Gasteiger partial charge is 0.199 e. The van der Waals surface area contributed by atoms with Gasteiger partial charge in [-0.1, -0.05) is 5.16 Å². The Morgan fingerprint density at radius 3 is 3.00 bits per heavy atom. The second-order valence-corrected chi connectivity index (χ2v) is 5.18. The van der Waals surface area contributed by atoms with Crippen molar-refractivity contribution in [3.63, 3.8) is 0 Å². The van der Waals surface area contributed by atoms with E-state index >= 15 is 0 Å². The van der Waals surface area contributed by atoms with E-state index in [4.69, 9.17) is 4.74 Å². The van der Waals surface area contributed by atoms with Gasteiger partial charge in [-0.05, 0) is 12.8 Å². The van der Waals surface area contributed by atoms with Gasteiger partial charge in [0.1, 0.15) is 6.20 Å². The van der Waals surface area contributed by atoms with Crippen molar-refractivity contribution < 1.29 is 17.7 Å². The Morgan fingerprint density at radius 1 is 1.62 bits per heavy atom. The SMILES string of the molecule is O=S1(=O)CCCC1Oc1cnoc1. The summed E-state index contributed by atoms with van der Waals surface area (Å²) in [6.45, 7) is 0. The average molecular weight is 203 g/mol. The van der Waals surface area contributed by atoms with Gasteiger partial charge in [0.15, 0.2) is 27.3 Å². The molecule has 0 spiro atoms. The van der Waals surface area contributed by atoms with E-state index in [9.17, 15) is 8.42 Å². The molecule has 1 aromatic rings. The molecule has 1 fully saturated rings. The van der Waals surface area contributed by atoms with Crippen molar-refractivity contribution in [2.24, 2.45) is 0 Å². The number of aromatic nitrogens is 1. The van der Waals surface area contributed by atoms with Crippen LogP contribution < -0.4 is 4.74 Å². The van der Waals surface area contributed by atoms with Crippen LogP contribution in [0.25, 0.3) is 0 Å². The summed E-state index contributed by atoms with van der Waals surface area (Å²) in [4.78, 5) is 0. The minimum absolute atomic E-state index is 0.211. The molecule has 0 N–H and O–H groups in total. The van der Waals surface area contributed by atoms with Gasteiger partial charge in [-0.25, -0.2) is 8.42 Å². The van der Waals surface area contributed by atoms with Crippen molar-refractivity contribution in [1.29, 1.82) is 0 Å². The van der Waals surface area contributed by atoms with Crippen LogP contribution in [0.4, 0.5) is 0 Å². The van der Waals surface area contributed by atoms with Gasteiger partial charge in [0, 0.05) is 0 Å². The van der Waals surface area contributed by atoms with E-state index < -0.39 is 15.3 Å².